The zero-order valence-corrected chi connectivity index (χ0v) is 10.8. The van der Waals surface area contributed by atoms with Crippen molar-refractivity contribution in [2.45, 2.75) is 52.5 Å². The van der Waals surface area contributed by atoms with Crippen LogP contribution in [0.25, 0.3) is 0 Å². The first-order chi connectivity index (χ1) is 7.30. The van der Waals surface area contributed by atoms with E-state index in [1.165, 1.54) is 51.9 Å². The number of hydrogen-bond acceptors (Lipinski definition) is 2. The Morgan fingerprint density at radius 3 is 2.40 bits per heavy atom. The third-order valence-electron chi connectivity index (χ3n) is 3.87. The third kappa shape index (κ3) is 4.52. The molecule has 0 aromatic rings. The van der Waals surface area contributed by atoms with Crippen molar-refractivity contribution in [1.29, 1.82) is 0 Å². The smallest absolute Gasteiger partial charge is 0.0107 e. The van der Waals surface area contributed by atoms with Crippen molar-refractivity contribution in [3.8, 4) is 0 Å². The lowest BCUT2D eigenvalue weighted by molar-refractivity contribution is 0.295. The standard InChI is InChI=1S/C13H28N2/c1-4-12-7-8-13(11-12)14-9-10-15(5-2)6-3/h12-14H,4-11H2,1-3H3. The molecule has 0 radical (unpaired) electrons. The number of rotatable bonds is 7. The van der Waals surface area contributed by atoms with E-state index in [1.54, 1.807) is 0 Å². The van der Waals surface area contributed by atoms with E-state index in [1.807, 2.05) is 0 Å². The lowest BCUT2D eigenvalue weighted by Gasteiger charge is -2.20. The molecule has 2 atom stereocenters. The summed E-state index contributed by atoms with van der Waals surface area (Å²) in [5.41, 5.74) is 0. The minimum atomic E-state index is 0.811. The first kappa shape index (κ1) is 13.0. The van der Waals surface area contributed by atoms with Crippen molar-refractivity contribution in [3.63, 3.8) is 0 Å². The van der Waals surface area contributed by atoms with Crippen molar-refractivity contribution in [2.24, 2.45) is 5.92 Å². The monoisotopic (exact) mass is 212 g/mol. The molecule has 0 bridgehead atoms. The maximum absolute atomic E-state index is 3.70. The van der Waals surface area contributed by atoms with E-state index in [-0.39, 0.29) is 0 Å². The molecule has 1 N–H and O–H groups in total. The Kier molecular flexibility index (Phi) is 6.26. The molecular weight excluding hydrogens is 184 g/mol. The average Bonchev–Trinajstić information content (AvgIpc) is 2.72. The Bertz CT molecular complexity index is 155. The summed E-state index contributed by atoms with van der Waals surface area (Å²) in [7, 11) is 0. The summed E-state index contributed by atoms with van der Waals surface area (Å²) in [6.07, 6.45) is 5.62. The summed E-state index contributed by atoms with van der Waals surface area (Å²) in [6.45, 7) is 11.5. The van der Waals surface area contributed by atoms with E-state index in [9.17, 15) is 0 Å². The molecule has 1 rings (SSSR count). The SMILES string of the molecule is CCC1CCC(NCCN(CC)CC)C1. The van der Waals surface area contributed by atoms with E-state index in [2.05, 4.69) is 31.0 Å². The van der Waals surface area contributed by atoms with Gasteiger partial charge in [0, 0.05) is 19.1 Å². The topological polar surface area (TPSA) is 15.3 Å². The van der Waals surface area contributed by atoms with Gasteiger partial charge in [0.15, 0.2) is 0 Å². The van der Waals surface area contributed by atoms with Crippen molar-refractivity contribution >= 4 is 0 Å². The average molecular weight is 212 g/mol. The third-order valence-corrected chi connectivity index (χ3v) is 3.87. The summed E-state index contributed by atoms with van der Waals surface area (Å²) < 4.78 is 0. The van der Waals surface area contributed by atoms with Crippen LogP contribution in [0.1, 0.15) is 46.5 Å². The van der Waals surface area contributed by atoms with E-state index >= 15 is 0 Å². The Hall–Kier alpha value is -0.0800. The minimum Gasteiger partial charge on any atom is -0.313 e. The quantitative estimate of drug-likeness (QED) is 0.697. The Morgan fingerprint density at radius 1 is 1.13 bits per heavy atom. The van der Waals surface area contributed by atoms with Gasteiger partial charge in [0.2, 0.25) is 0 Å². The van der Waals surface area contributed by atoms with Gasteiger partial charge in [-0.1, -0.05) is 27.2 Å². The summed E-state index contributed by atoms with van der Waals surface area (Å²) in [4.78, 5) is 2.49. The molecule has 0 spiro atoms. The Morgan fingerprint density at radius 2 is 1.87 bits per heavy atom. The van der Waals surface area contributed by atoms with Crippen molar-refractivity contribution in [3.05, 3.63) is 0 Å². The van der Waals surface area contributed by atoms with Crippen molar-refractivity contribution < 1.29 is 0 Å². The second-order valence-electron chi connectivity index (χ2n) is 4.77. The largest absolute Gasteiger partial charge is 0.313 e. The van der Waals surface area contributed by atoms with Crippen LogP contribution in [0.4, 0.5) is 0 Å². The van der Waals surface area contributed by atoms with Gasteiger partial charge in [0.25, 0.3) is 0 Å². The molecule has 1 aliphatic rings. The van der Waals surface area contributed by atoms with Crippen LogP contribution in [-0.4, -0.2) is 37.1 Å². The first-order valence-electron chi connectivity index (χ1n) is 6.75. The fraction of sp³-hybridized carbons (Fsp3) is 1.00. The maximum Gasteiger partial charge on any atom is 0.0107 e. The molecule has 1 aliphatic carbocycles. The molecule has 15 heavy (non-hydrogen) atoms. The van der Waals surface area contributed by atoms with Gasteiger partial charge in [-0.25, -0.2) is 0 Å². The van der Waals surface area contributed by atoms with E-state index in [0.29, 0.717) is 0 Å². The van der Waals surface area contributed by atoms with E-state index < -0.39 is 0 Å². The van der Waals surface area contributed by atoms with E-state index in [4.69, 9.17) is 0 Å². The van der Waals surface area contributed by atoms with Gasteiger partial charge in [-0.2, -0.15) is 0 Å². The number of likely N-dealkylation sites (N-methyl/N-ethyl adjacent to an activating group) is 1. The molecule has 2 nitrogen and oxygen atoms in total. The predicted molar refractivity (Wildman–Crippen MR) is 67.2 cm³/mol. The molecule has 0 heterocycles. The zero-order valence-electron chi connectivity index (χ0n) is 10.8. The second-order valence-corrected chi connectivity index (χ2v) is 4.77. The second kappa shape index (κ2) is 7.24. The van der Waals surface area contributed by atoms with Crippen LogP contribution >= 0.6 is 0 Å². The highest BCUT2D eigenvalue weighted by Crippen LogP contribution is 2.27. The molecule has 0 aromatic heterocycles. The first-order valence-corrected chi connectivity index (χ1v) is 6.75. The summed E-state index contributed by atoms with van der Waals surface area (Å²) in [5.74, 6) is 0.996. The minimum absolute atomic E-state index is 0.811. The summed E-state index contributed by atoms with van der Waals surface area (Å²) >= 11 is 0. The van der Waals surface area contributed by atoms with Crippen molar-refractivity contribution in [2.75, 3.05) is 26.2 Å². The fourth-order valence-corrected chi connectivity index (χ4v) is 2.60. The maximum atomic E-state index is 3.70. The molecule has 1 fully saturated rings. The Labute approximate surface area is 95.4 Å². The van der Waals surface area contributed by atoms with Crippen LogP contribution in [0, 0.1) is 5.92 Å². The number of nitrogens with one attached hydrogen (secondary N) is 1. The van der Waals surface area contributed by atoms with Gasteiger partial charge >= 0.3 is 0 Å². The molecule has 0 amide bonds. The summed E-state index contributed by atoms with van der Waals surface area (Å²) in [5, 5.41) is 3.70. The zero-order chi connectivity index (χ0) is 11.1. The van der Waals surface area contributed by atoms with E-state index in [0.717, 1.165) is 12.0 Å². The molecule has 0 aromatic carbocycles. The fourth-order valence-electron chi connectivity index (χ4n) is 2.60. The van der Waals surface area contributed by atoms with Gasteiger partial charge < -0.3 is 10.2 Å². The highest BCUT2D eigenvalue weighted by atomic mass is 15.1. The van der Waals surface area contributed by atoms with Gasteiger partial charge in [-0.3, -0.25) is 0 Å². The normalized spacial score (nSPS) is 26.4. The van der Waals surface area contributed by atoms with Crippen LogP contribution in [0.2, 0.25) is 0 Å². The lowest BCUT2D eigenvalue weighted by Crippen LogP contribution is -2.36. The lowest BCUT2D eigenvalue weighted by atomic mass is 10.1. The van der Waals surface area contributed by atoms with Gasteiger partial charge in [0.05, 0.1) is 0 Å². The molecule has 2 unspecified atom stereocenters. The number of hydrogen-bond donors (Lipinski definition) is 1. The molecule has 0 aliphatic heterocycles. The molecular formula is C13H28N2. The van der Waals surface area contributed by atoms with Gasteiger partial charge in [-0.15, -0.1) is 0 Å². The summed E-state index contributed by atoms with van der Waals surface area (Å²) in [6, 6.07) is 0.811. The predicted octanol–water partition coefficient (Wildman–Crippen LogP) is 2.50. The molecule has 1 saturated carbocycles. The van der Waals surface area contributed by atoms with Crippen LogP contribution < -0.4 is 5.32 Å². The number of nitrogens with zero attached hydrogens (tertiary/aromatic N) is 1. The molecule has 0 saturated heterocycles. The molecule has 2 heteroatoms. The molecule has 90 valence electrons. The van der Waals surface area contributed by atoms with Crippen LogP contribution in [0.15, 0.2) is 0 Å². The van der Waals surface area contributed by atoms with Gasteiger partial charge in [0.1, 0.15) is 0 Å². The Balaban J connectivity index is 2.05. The van der Waals surface area contributed by atoms with Crippen LogP contribution in [0.3, 0.4) is 0 Å². The highest BCUT2D eigenvalue weighted by Gasteiger charge is 2.22. The van der Waals surface area contributed by atoms with Crippen LogP contribution in [0.5, 0.6) is 0 Å². The van der Waals surface area contributed by atoms with Gasteiger partial charge in [-0.05, 0) is 38.3 Å². The highest BCUT2D eigenvalue weighted by molar-refractivity contribution is 4.80. The van der Waals surface area contributed by atoms with Crippen molar-refractivity contribution in [1.82, 2.24) is 10.2 Å². The van der Waals surface area contributed by atoms with Crippen LogP contribution in [-0.2, 0) is 0 Å².